The van der Waals surface area contributed by atoms with Gasteiger partial charge in [0.1, 0.15) is 0 Å². The summed E-state index contributed by atoms with van der Waals surface area (Å²) >= 11 is 0. The minimum absolute atomic E-state index is 0.0594. The van der Waals surface area contributed by atoms with Crippen LogP contribution in [0.25, 0.3) is 0 Å². The van der Waals surface area contributed by atoms with E-state index >= 15 is 0 Å². The quantitative estimate of drug-likeness (QED) is 0.639. The van der Waals surface area contributed by atoms with Gasteiger partial charge in [0.05, 0.1) is 0 Å². The molecule has 7 nitrogen and oxygen atoms in total. The lowest BCUT2D eigenvalue weighted by Gasteiger charge is -2.10. The Labute approximate surface area is 152 Å². The van der Waals surface area contributed by atoms with Crippen LogP contribution in [-0.2, 0) is 11.3 Å². The number of nitrogens with two attached hydrogens (primary N) is 1. The molecule has 0 fully saturated rings. The summed E-state index contributed by atoms with van der Waals surface area (Å²) in [6.07, 6.45) is 0. The molecule has 0 aliphatic carbocycles. The van der Waals surface area contributed by atoms with Crippen LogP contribution in [0.1, 0.15) is 29.8 Å². The number of amides is 4. The van der Waals surface area contributed by atoms with E-state index in [1.165, 1.54) is 0 Å². The summed E-state index contributed by atoms with van der Waals surface area (Å²) in [6.45, 7) is 3.97. The summed E-state index contributed by atoms with van der Waals surface area (Å²) in [5.74, 6) is -0.409. The van der Waals surface area contributed by atoms with Gasteiger partial charge in [-0.25, -0.2) is 4.79 Å². The molecule has 2 aromatic carbocycles. The fourth-order valence-corrected chi connectivity index (χ4v) is 2.18. The highest BCUT2D eigenvalue weighted by Gasteiger charge is 2.08. The Bertz CT molecular complexity index is 801. The van der Waals surface area contributed by atoms with Gasteiger partial charge in [-0.05, 0) is 42.0 Å². The van der Waals surface area contributed by atoms with Crippen LogP contribution in [0, 0.1) is 5.92 Å². The Morgan fingerprint density at radius 3 is 2.27 bits per heavy atom. The van der Waals surface area contributed by atoms with Crippen molar-refractivity contribution in [1.82, 2.24) is 5.32 Å². The zero-order chi connectivity index (χ0) is 19.1. The Balaban J connectivity index is 1.94. The normalized spacial score (nSPS) is 10.3. The molecular formula is C19H22N4O3. The fourth-order valence-electron chi connectivity index (χ4n) is 2.18. The van der Waals surface area contributed by atoms with Gasteiger partial charge in [0, 0.05) is 29.4 Å². The molecule has 2 rings (SSSR count). The van der Waals surface area contributed by atoms with Crippen molar-refractivity contribution in [2.75, 3.05) is 10.6 Å². The second-order valence-electron chi connectivity index (χ2n) is 6.09. The molecule has 4 amide bonds. The third kappa shape index (κ3) is 5.62. The van der Waals surface area contributed by atoms with E-state index < -0.39 is 6.03 Å². The van der Waals surface area contributed by atoms with Gasteiger partial charge in [0.2, 0.25) is 5.91 Å². The minimum atomic E-state index is -0.661. The Morgan fingerprint density at radius 2 is 1.65 bits per heavy atom. The van der Waals surface area contributed by atoms with E-state index in [9.17, 15) is 14.4 Å². The van der Waals surface area contributed by atoms with Crippen molar-refractivity contribution >= 4 is 29.2 Å². The summed E-state index contributed by atoms with van der Waals surface area (Å²) < 4.78 is 0. The van der Waals surface area contributed by atoms with Gasteiger partial charge >= 0.3 is 6.03 Å². The average molecular weight is 354 g/mol. The third-order valence-electron chi connectivity index (χ3n) is 3.59. The lowest BCUT2D eigenvalue weighted by atomic mass is 10.1. The van der Waals surface area contributed by atoms with Gasteiger partial charge in [-0.1, -0.05) is 26.0 Å². The van der Waals surface area contributed by atoms with E-state index in [1.807, 2.05) is 32.0 Å². The van der Waals surface area contributed by atoms with Crippen molar-refractivity contribution in [2.45, 2.75) is 20.4 Å². The molecule has 0 atom stereocenters. The molecule has 0 unspecified atom stereocenters. The molecule has 0 aliphatic heterocycles. The van der Waals surface area contributed by atoms with Crippen molar-refractivity contribution in [3.05, 3.63) is 59.7 Å². The molecule has 0 aliphatic rings. The van der Waals surface area contributed by atoms with E-state index in [0.717, 1.165) is 5.56 Å². The van der Waals surface area contributed by atoms with Crippen LogP contribution in [0.3, 0.4) is 0 Å². The molecule has 26 heavy (non-hydrogen) atoms. The summed E-state index contributed by atoms with van der Waals surface area (Å²) in [5, 5.41) is 8.07. The lowest BCUT2D eigenvalue weighted by Crippen LogP contribution is -2.23. The molecule has 2 aromatic rings. The average Bonchev–Trinajstić information content (AvgIpc) is 2.60. The Morgan fingerprint density at radius 1 is 0.962 bits per heavy atom. The van der Waals surface area contributed by atoms with Gasteiger partial charge in [-0.2, -0.15) is 0 Å². The maximum atomic E-state index is 12.2. The number of rotatable bonds is 6. The van der Waals surface area contributed by atoms with Gasteiger partial charge in [-0.15, -0.1) is 0 Å². The summed E-state index contributed by atoms with van der Waals surface area (Å²) in [5.41, 5.74) is 7.58. The molecule has 7 heteroatoms. The highest BCUT2D eigenvalue weighted by atomic mass is 16.2. The first-order chi connectivity index (χ1) is 12.3. The van der Waals surface area contributed by atoms with Crippen molar-refractivity contribution in [1.29, 1.82) is 0 Å². The standard InChI is InChI=1S/C19H22N4O3/c1-12(2)17(24)22-16-5-3-4-13(10-16)11-21-18(25)14-6-8-15(9-7-14)23-19(20)26/h3-10,12H,11H2,1-2H3,(H,21,25)(H,22,24)(H3,20,23,26). The minimum Gasteiger partial charge on any atom is -0.351 e. The van der Waals surface area contributed by atoms with Crippen LogP contribution >= 0.6 is 0 Å². The number of hydrogen-bond donors (Lipinski definition) is 4. The number of carbonyl (C=O) groups excluding carboxylic acids is 3. The number of nitrogens with one attached hydrogen (secondary N) is 3. The lowest BCUT2D eigenvalue weighted by molar-refractivity contribution is -0.118. The number of benzene rings is 2. The first-order valence-electron chi connectivity index (χ1n) is 8.19. The van der Waals surface area contributed by atoms with E-state index in [1.54, 1.807) is 30.3 Å². The molecule has 0 saturated carbocycles. The summed E-state index contributed by atoms with van der Waals surface area (Å²) in [6, 6.07) is 13.0. The fraction of sp³-hybridized carbons (Fsp3) is 0.211. The topological polar surface area (TPSA) is 113 Å². The summed E-state index contributed by atoms with van der Waals surface area (Å²) in [7, 11) is 0. The van der Waals surface area contributed by atoms with Crippen LogP contribution < -0.4 is 21.7 Å². The van der Waals surface area contributed by atoms with Crippen molar-refractivity contribution < 1.29 is 14.4 Å². The molecule has 5 N–H and O–H groups in total. The van der Waals surface area contributed by atoms with Crippen LogP contribution in [0.5, 0.6) is 0 Å². The summed E-state index contributed by atoms with van der Waals surface area (Å²) in [4.78, 5) is 34.7. The zero-order valence-corrected chi connectivity index (χ0v) is 14.7. The Kier molecular flexibility index (Phi) is 6.32. The van der Waals surface area contributed by atoms with Crippen LogP contribution in [-0.4, -0.2) is 17.8 Å². The van der Waals surface area contributed by atoms with Gasteiger partial charge in [0.25, 0.3) is 5.91 Å². The van der Waals surface area contributed by atoms with Gasteiger partial charge < -0.3 is 21.7 Å². The number of carbonyl (C=O) groups is 3. The van der Waals surface area contributed by atoms with E-state index in [0.29, 0.717) is 23.5 Å². The van der Waals surface area contributed by atoms with Crippen molar-refractivity contribution in [3.63, 3.8) is 0 Å². The van der Waals surface area contributed by atoms with E-state index in [4.69, 9.17) is 5.73 Å². The van der Waals surface area contributed by atoms with Crippen LogP contribution in [0.4, 0.5) is 16.2 Å². The number of urea groups is 1. The zero-order valence-electron chi connectivity index (χ0n) is 14.7. The molecule has 0 aromatic heterocycles. The maximum Gasteiger partial charge on any atom is 0.316 e. The molecular weight excluding hydrogens is 332 g/mol. The van der Waals surface area contributed by atoms with Crippen LogP contribution in [0.15, 0.2) is 48.5 Å². The number of primary amides is 1. The monoisotopic (exact) mass is 354 g/mol. The predicted molar refractivity (Wildman–Crippen MR) is 101 cm³/mol. The highest BCUT2D eigenvalue weighted by molar-refractivity contribution is 5.95. The van der Waals surface area contributed by atoms with Crippen LogP contribution in [0.2, 0.25) is 0 Å². The largest absolute Gasteiger partial charge is 0.351 e. The maximum absolute atomic E-state index is 12.2. The van der Waals surface area contributed by atoms with E-state index in [2.05, 4.69) is 16.0 Å². The molecule has 136 valence electrons. The molecule has 0 saturated heterocycles. The van der Waals surface area contributed by atoms with Crippen molar-refractivity contribution in [3.8, 4) is 0 Å². The highest BCUT2D eigenvalue weighted by Crippen LogP contribution is 2.13. The molecule has 0 spiro atoms. The third-order valence-corrected chi connectivity index (χ3v) is 3.59. The number of anilines is 2. The van der Waals surface area contributed by atoms with Gasteiger partial charge in [0.15, 0.2) is 0 Å². The van der Waals surface area contributed by atoms with Gasteiger partial charge in [-0.3, -0.25) is 9.59 Å². The Hall–Kier alpha value is -3.35. The first-order valence-corrected chi connectivity index (χ1v) is 8.19. The first kappa shape index (κ1) is 19.0. The SMILES string of the molecule is CC(C)C(=O)Nc1cccc(CNC(=O)c2ccc(NC(N)=O)cc2)c1. The number of hydrogen-bond acceptors (Lipinski definition) is 3. The van der Waals surface area contributed by atoms with Crippen molar-refractivity contribution in [2.24, 2.45) is 11.7 Å². The second kappa shape index (κ2) is 8.66. The molecule has 0 heterocycles. The smallest absolute Gasteiger partial charge is 0.316 e. The van der Waals surface area contributed by atoms with E-state index in [-0.39, 0.29) is 17.7 Å². The second-order valence-corrected chi connectivity index (χ2v) is 6.09. The molecule has 0 radical (unpaired) electrons. The molecule has 0 bridgehead atoms. The predicted octanol–water partition coefficient (Wildman–Crippen LogP) is 2.70.